The number of rotatable bonds is 6. The van der Waals surface area contributed by atoms with Gasteiger partial charge in [-0.15, -0.1) is 0 Å². The minimum atomic E-state index is -1.33. The van der Waals surface area contributed by atoms with Crippen LogP contribution >= 0.6 is 0 Å². The highest BCUT2D eigenvalue weighted by Crippen LogP contribution is 2.29. The number of hydrogen-bond acceptors (Lipinski definition) is 2. The zero-order valence-corrected chi connectivity index (χ0v) is 9.33. The highest BCUT2D eigenvalue weighted by molar-refractivity contribution is 5.81. The zero-order valence-electron chi connectivity index (χ0n) is 9.33. The van der Waals surface area contributed by atoms with Gasteiger partial charge in [-0.25, -0.2) is 4.39 Å². The molecule has 94 valence electrons. The second-order valence-electron chi connectivity index (χ2n) is 3.89. The largest absolute Gasteiger partial charge is 0.481 e. The quantitative estimate of drug-likeness (QED) is 0.801. The summed E-state index contributed by atoms with van der Waals surface area (Å²) in [5.74, 6) is -1.56. The lowest BCUT2D eigenvalue weighted by Crippen LogP contribution is -2.43. The monoisotopic (exact) mass is 243 g/mol. The van der Waals surface area contributed by atoms with E-state index in [1.54, 1.807) is 0 Å². The molecule has 1 rings (SSSR count). The maximum Gasteiger partial charge on any atom is 0.315 e. The minimum absolute atomic E-state index is 0.0982. The molecule has 3 nitrogen and oxygen atoms in total. The van der Waals surface area contributed by atoms with Crippen LogP contribution in [0.3, 0.4) is 0 Å². The number of carboxylic acids is 1. The molecule has 0 saturated heterocycles. The van der Waals surface area contributed by atoms with Crippen molar-refractivity contribution in [2.24, 2.45) is 5.73 Å². The summed E-state index contributed by atoms with van der Waals surface area (Å²) in [6.45, 7) is -0.746. The van der Waals surface area contributed by atoms with E-state index in [0.717, 1.165) is 0 Å². The Morgan fingerprint density at radius 2 is 1.94 bits per heavy atom. The number of halogens is 2. The van der Waals surface area contributed by atoms with Crippen molar-refractivity contribution in [2.45, 2.75) is 18.3 Å². The van der Waals surface area contributed by atoms with Crippen molar-refractivity contribution in [1.82, 2.24) is 0 Å². The third kappa shape index (κ3) is 2.79. The Hall–Kier alpha value is -1.49. The third-order valence-electron chi connectivity index (χ3n) is 2.89. The summed E-state index contributed by atoms with van der Waals surface area (Å²) < 4.78 is 25.0. The number of nitrogens with two attached hydrogens (primary N) is 1. The number of benzene rings is 1. The van der Waals surface area contributed by atoms with Gasteiger partial charge in [0.05, 0.1) is 6.67 Å². The minimum Gasteiger partial charge on any atom is -0.481 e. The van der Waals surface area contributed by atoms with Gasteiger partial charge in [0.1, 0.15) is 11.2 Å². The van der Waals surface area contributed by atoms with Crippen LogP contribution in [-0.4, -0.2) is 24.3 Å². The first-order valence-electron chi connectivity index (χ1n) is 5.32. The lowest BCUT2D eigenvalue weighted by Gasteiger charge is -2.28. The molecule has 0 aliphatic heterocycles. The molecule has 0 spiro atoms. The Kier molecular flexibility index (Phi) is 4.57. The van der Waals surface area contributed by atoms with Crippen LogP contribution in [-0.2, 0) is 10.2 Å². The lowest BCUT2D eigenvalue weighted by atomic mass is 9.77. The van der Waals surface area contributed by atoms with Gasteiger partial charge in [-0.05, 0) is 30.5 Å². The third-order valence-corrected chi connectivity index (χ3v) is 2.89. The van der Waals surface area contributed by atoms with Crippen LogP contribution in [0.1, 0.15) is 18.4 Å². The van der Waals surface area contributed by atoms with E-state index in [9.17, 15) is 18.7 Å². The smallest absolute Gasteiger partial charge is 0.315 e. The molecule has 0 heterocycles. The molecule has 5 heteroatoms. The Bertz CT molecular complexity index is 381. The lowest BCUT2D eigenvalue weighted by molar-refractivity contribution is -0.143. The van der Waals surface area contributed by atoms with E-state index in [0.29, 0.717) is 5.56 Å². The van der Waals surface area contributed by atoms with Crippen molar-refractivity contribution in [3.8, 4) is 0 Å². The van der Waals surface area contributed by atoms with Gasteiger partial charge in [-0.2, -0.15) is 0 Å². The number of carboxylic acid groups (broad SMARTS) is 1. The average molecular weight is 243 g/mol. The number of aliphatic carboxylic acids is 1. The SMILES string of the molecule is NCC(CCCF)(C(=O)O)c1ccc(F)cc1. The van der Waals surface area contributed by atoms with Crippen LogP contribution in [0.15, 0.2) is 24.3 Å². The van der Waals surface area contributed by atoms with E-state index in [2.05, 4.69) is 0 Å². The van der Waals surface area contributed by atoms with Crippen LogP contribution in [0, 0.1) is 5.82 Å². The van der Waals surface area contributed by atoms with Crippen molar-refractivity contribution in [2.75, 3.05) is 13.2 Å². The summed E-state index contributed by atoms with van der Waals surface area (Å²) in [7, 11) is 0. The van der Waals surface area contributed by atoms with E-state index < -0.39 is 23.9 Å². The predicted octanol–water partition coefficient (Wildman–Crippen LogP) is 1.86. The van der Waals surface area contributed by atoms with Crippen molar-refractivity contribution in [3.05, 3.63) is 35.6 Å². The van der Waals surface area contributed by atoms with E-state index in [1.165, 1.54) is 24.3 Å². The zero-order chi connectivity index (χ0) is 12.9. The summed E-state index contributed by atoms with van der Waals surface area (Å²) in [5.41, 5.74) is 4.59. The molecule has 0 saturated carbocycles. The van der Waals surface area contributed by atoms with Gasteiger partial charge < -0.3 is 10.8 Å². The molecule has 0 amide bonds. The molecule has 0 radical (unpaired) electrons. The molecule has 0 aromatic heterocycles. The Balaban J connectivity index is 3.12. The molecule has 0 aliphatic carbocycles. The highest BCUT2D eigenvalue weighted by atomic mass is 19.1. The molecule has 1 aromatic rings. The van der Waals surface area contributed by atoms with E-state index in [-0.39, 0.29) is 19.4 Å². The van der Waals surface area contributed by atoms with Crippen LogP contribution in [0.2, 0.25) is 0 Å². The molecule has 1 aromatic carbocycles. The first kappa shape index (κ1) is 13.6. The summed E-state index contributed by atoms with van der Waals surface area (Å²) in [6, 6.07) is 5.12. The number of hydrogen-bond donors (Lipinski definition) is 2. The fourth-order valence-electron chi connectivity index (χ4n) is 1.82. The average Bonchev–Trinajstić information content (AvgIpc) is 2.32. The van der Waals surface area contributed by atoms with Gasteiger partial charge >= 0.3 is 5.97 Å². The fraction of sp³-hybridized carbons (Fsp3) is 0.417. The highest BCUT2D eigenvalue weighted by Gasteiger charge is 2.38. The molecule has 0 bridgehead atoms. The van der Waals surface area contributed by atoms with Gasteiger partial charge in [0.15, 0.2) is 0 Å². The predicted molar refractivity (Wildman–Crippen MR) is 60.0 cm³/mol. The summed E-state index contributed by atoms with van der Waals surface area (Å²) in [4.78, 5) is 11.3. The van der Waals surface area contributed by atoms with Crippen molar-refractivity contribution in [1.29, 1.82) is 0 Å². The first-order chi connectivity index (χ1) is 8.06. The van der Waals surface area contributed by atoms with Gasteiger partial charge in [0, 0.05) is 6.54 Å². The molecule has 1 unspecified atom stereocenters. The van der Waals surface area contributed by atoms with Crippen molar-refractivity contribution < 1.29 is 18.7 Å². The molecule has 1 atom stereocenters. The maximum atomic E-state index is 12.8. The standard InChI is InChI=1S/C12H15F2NO2/c13-7-1-6-12(8-15,11(16)17)9-2-4-10(14)5-3-9/h2-5H,1,6-8,15H2,(H,16,17). The molecule has 0 aliphatic rings. The Morgan fingerprint density at radius 1 is 1.35 bits per heavy atom. The van der Waals surface area contributed by atoms with Gasteiger partial charge in [0.2, 0.25) is 0 Å². The van der Waals surface area contributed by atoms with Gasteiger partial charge in [-0.3, -0.25) is 9.18 Å². The van der Waals surface area contributed by atoms with Gasteiger partial charge in [0.25, 0.3) is 0 Å². The molecule has 3 N–H and O–H groups in total. The van der Waals surface area contributed by atoms with Crippen LogP contribution < -0.4 is 5.73 Å². The summed E-state index contributed by atoms with van der Waals surface area (Å²) in [5, 5.41) is 9.28. The molecular formula is C12H15F2NO2. The number of alkyl halides is 1. The van der Waals surface area contributed by atoms with Crippen LogP contribution in [0.4, 0.5) is 8.78 Å². The van der Waals surface area contributed by atoms with Crippen molar-refractivity contribution >= 4 is 5.97 Å². The molecular weight excluding hydrogens is 228 g/mol. The Morgan fingerprint density at radius 3 is 2.35 bits per heavy atom. The molecule has 17 heavy (non-hydrogen) atoms. The topological polar surface area (TPSA) is 63.3 Å². The number of carbonyl (C=O) groups is 1. The summed E-state index contributed by atoms with van der Waals surface area (Å²) >= 11 is 0. The second kappa shape index (κ2) is 5.72. The van der Waals surface area contributed by atoms with E-state index in [4.69, 9.17) is 5.73 Å². The second-order valence-corrected chi connectivity index (χ2v) is 3.89. The molecule has 0 fully saturated rings. The first-order valence-corrected chi connectivity index (χ1v) is 5.32. The Labute approximate surface area is 98.2 Å². The van der Waals surface area contributed by atoms with Crippen molar-refractivity contribution in [3.63, 3.8) is 0 Å². The fourth-order valence-corrected chi connectivity index (χ4v) is 1.82. The normalized spacial score (nSPS) is 14.3. The maximum absolute atomic E-state index is 12.8. The van der Waals surface area contributed by atoms with Crippen LogP contribution in [0.25, 0.3) is 0 Å². The van der Waals surface area contributed by atoms with Gasteiger partial charge in [-0.1, -0.05) is 12.1 Å². The van der Waals surface area contributed by atoms with Crippen LogP contribution in [0.5, 0.6) is 0 Å². The summed E-state index contributed by atoms with van der Waals surface area (Å²) in [6.07, 6.45) is 0.210. The van der Waals surface area contributed by atoms with E-state index in [1.807, 2.05) is 0 Å². The van der Waals surface area contributed by atoms with E-state index >= 15 is 0 Å².